The molecule has 1 aromatic carbocycles. The van der Waals surface area contributed by atoms with Crippen LogP contribution in [0.3, 0.4) is 0 Å². The lowest BCUT2D eigenvalue weighted by Gasteiger charge is -2.14. The number of halogens is 1. The molecule has 2 heterocycles. The van der Waals surface area contributed by atoms with Crippen LogP contribution in [0.2, 0.25) is 0 Å². The number of para-hydroxylation sites is 1. The van der Waals surface area contributed by atoms with E-state index in [2.05, 4.69) is 27.2 Å². The van der Waals surface area contributed by atoms with Gasteiger partial charge in [-0.25, -0.2) is 15.0 Å². The summed E-state index contributed by atoms with van der Waals surface area (Å²) in [6.07, 6.45) is 8.85. The molecule has 7 nitrogen and oxygen atoms in total. The standard InChI is InChI=1S/C22H26N6O.HI/c1-3-13-29-20-8-6-5-7-19(20)16-27-22(24-4-2)26-15-18-9-10-25-21(14-18)28-12-11-23-17-28;/h3,5-12,14,17H,1,4,13,15-16H2,2H3,(H2,24,26,27);1H. The first kappa shape index (κ1) is 23.4. The number of aliphatic imine (C=N–C) groups is 1. The molecule has 0 atom stereocenters. The number of hydrogen-bond acceptors (Lipinski definition) is 4. The number of aromatic nitrogens is 3. The number of guanidine groups is 1. The largest absolute Gasteiger partial charge is 0.489 e. The molecule has 0 aliphatic heterocycles. The van der Waals surface area contributed by atoms with E-state index in [-0.39, 0.29) is 24.0 Å². The molecule has 0 aliphatic carbocycles. The van der Waals surface area contributed by atoms with Crippen LogP contribution in [0.1, 0.15) is 18.1 Å². The zero-order chi connectivity index (χ0) is 20.3. The maximum atomic E-state index is 5.72. The Morgan fingerprint density at radius 1 is 1.23 bits per heavy atom. The molecule has 0 bridgehead atoms. The quantitative estimate of drug-likeness (QED) is 0.196. The van der Waals surface area contributed by atoms with Gasteiger partial charge in [0.25, 0.3) is 0 Å². The number of nitrogens with one attached hydrogen (secondary N) is 2. The van der Waals surface area contributed by atoms with E-state index in [1.807, 2.05) is 54.1 Å². The summed E-state index contributed by atoms with van der Waals surface area (Å²) in [7, 11) is 0. The third-order valence-corrected chi connectivity index (χ3v) is 4.12. The Labute approximate surface area is 194 Å². The molecule has 0 fully saturated rings. The van der Waals surface area contributed by atoms with Crippen molar-refractivity contribution in [1.82, 2.24) is 25.2 Å². The van der Waals surface area contributed by atoms with Gasteiger partial charge in [0.05, 0.1) is 6.54 Å². The van der Waals surface area contributed by atoms with Crippen LogP contribution in [-0.2, 0) is 13.1 Å². The molecular weight excluding hydrogens is 491 g/mol. The maximum absolute atomic E-state index is 5.72. The van der Waals surface area contributed by atoms with E-state index >= 15 is 0 Å². The van der Waals surface area contributed by atoms with E-state index in [1.54, 1.807) is 24.8 Å². The van der Waals surface area contributed by atoms with Crippen molar-refractivity contribution in [3.8, 4) is 11.6 Å². The van der Waals surface area contributed by atoms with E-state index in [9.17, 15) is 0 Å². The Kier molecular flexibility index (Phi) is 9.85. The van der Waals surface area contributed by atoms with Crippen molar-refractivity contribution < 1.29 is 4.74 Å². The molecule has 0 radical (unpaired) electrons. The second-order valence-corrected chi connectivity index (χ2v) is 6.25. The second kappa shape index (κ2) is 12.6. The third-order valence-electron chi connectivity index (χ3n) is 4.12. The van der Waals surface area contributed by atoms with Crippen LogP contribution in [0.5, 0.6) is 5.75 Å². The van der Waals surface area contributed by atoms with Gasteiger partial charge in [-0.2, -0.15) is 0 Å². The molecule has 0 aliphatic rings. The average Bonchev–Trinajstić information content (AvgIpc) is 3.30. The molecule has 0 saturated carbocycles. The van der Waals surface area contributed by atoms with Crippen LogP contribution >= 0.6 is 24.0 Å². The molecule has 0 spiro atoms. The van der Waals surface area contributed by atoms with Crippen molar-refractivity contribution in [2.75, 3.05) is 13.2 Å². The lowest BCUT2D eigenvalue weighted by Crippen LogP contribution is -2.36. The van der Waals surface area contributed by atoms with Gasteiger partial charge < -0.3 is 15.4 Å². The fourth-order valence-electron chi connectivity index (χ4n) is 2.73. The van der Waals surface area contributed by atoms with E-state index in [4.69, 9.17) is 9.73 Å². The summed E-state index contributed by atoms with van der Waals surface area (Å²) in [4.78, 5) is 13.1. The molecule has 0 unspecified atom stereocenters. The first-order valence-corrected chi connectivity index (χ1v) is 9.57. The summed E-state index contributed by atoms with van der Waals surface area (Å²) in [6.45, 7) is 8.14. The lowest BCUT2D eigenvalue weighted by molar-refractivity contribution is 0.358. The van der Waals surface area contributed by atoms with Crippen molar-refractivity contribution in [3.05, 3.63) is 85.1 Å². The number of ether oxygens (including phenoxy) is 1. The predicted octanol–water partition coefficient (Wildman–Crippen LogP) is 3.71. The molecule has 2 N–H and O–H groups in total. The van der Waals surface area contributed by atoms with Crippen LogP contribution in [0.4, 0.5) is 0 Å². The average molecular weight is 518 g/mol. The molecule has 0 amide bonds. The maximum Gasteiger partial charge on any atom is 0.191 e. The van der Waals surface area contributed by atoms with Gasteiger partial charge in [-0.1, -0.05) is 30.9 Å². The number of pyridine rings is 1. The SMILES string of the molecule is C=CCOc1ccccc1CNC(=NCc1ccnc(-n2ccnc2)c1)NCC.I. The molecule has 0 saturated heterocycles. The highest BCUT2D eigenvalue weighted by molar-refractivity contribution is 14.0. The molecule has 30 heavy (non-hydrogen) atoms. The molecule has 158 valence electrons. The molecule has 3 aromatic rings. The Bertz CT molecular complexity index is 942. The first-order chi connectivity index (χ1) is 14.3. The zero-order valence-electron chi connectivity index (χ0n) is 17.0. The summed E-state index contributed by atoms with van der Waals surface area (Å²) < 4.78 is 7.60. The van der Waals surface area contributed by atoms with Crippen molar-refractivity contribution >= 4 is 29.9 Å². The Balaban J connectivity index is 0.00000320. The van der Waals surface area contributed by atoms with E-state index in [1.165, 1.54) is 0 Å². The highest BCUT2D eigenvalue weighted by atomic mass is 127. The highest BCUT2D eigenvalue weighted by Gasteiger charge is 2.05. The fraction of sp³-hybridized carbons (Fsp3) is 0.227. The lowest BCUT2D eigenvalue weighted by atomic mass is 10.2. The topological polar surface area (TPSA) is 76.4 Å². The smallest absolute Gasteiger partial charge is 0.191 e. The Hall–Kier alpha value is -2.88. The normalized spacial score (nSPS) is 10.8. The monoisotopic (exact) mass is 518 g/mol. The minimum Gasteiger partial charge on any atom is -0.489 e. The zero-order valence-corrected chi connectivity index (χ0v) is 19.3. The van der Waals surface area contributed by atoms with Crippen molar-refractivity contribution in [2.45, 2.75) is 20.0 Å². The number of nitrogens with zero attached hydrogens (tertiary/aromatic N) is 4. The molecule has 8 heteroatoms. The summed E-state index contributed by atoms with van der Waals surface area (Å²) in [6, 6.07) is 11.9. The Morgan fingerprint density at radius 3 is 2.87 bits per heavy atom. The number of benzene rings is 1. The van der Waals surface area contributed by atoms with E-state index in [0.717, 1.165) is 35.2 Å². The molecular formula is C22H27IN6O. The van der Waals surface area contributed by atoms with Crippen LogP contribution in [0.15, 0.2) is 79.0 Å². The number of imidazole rings is 1. The first-order valence-electron chi connectivity index (χ1n) is 9.57. The fourth-order valence-corrected chi connectivity index (χ4v) is 2.73. The summed E-state index contributed by atoms with van der Waals surface area (Å²) in [5.41, 5.74) is 2.13. The number of hydrogen-bond donors (Lipinski definition) is 2. The summed E-state index contributed by atoms with van der Waals surface area (Å²) >= 11 is 0. The minimum absolute atomic E-state index is 0. The van der Waals surface area contributed by atoms with Gasteiger partial charge in [0.1, 0.15) is 24.5 Å². The predicted molar refractivity (Wildman–Crippen MR) is 131 cm³/mol. The van der Waals surface area contributed by atoms with Crippen LogP contribution < -0.4 is 15.4 Å². The third kappa shape index (κ3) is 6.87. The van der Waals surface area contributed by atoms with E-state index in [0.29, 0.717) is 19.7 Å². The van der Waals surface area contributed by atoms with Gasteiger partial charge in [-0.05, 0) is 30.7 Å². The van der Waals surface area contributed by atoms with E-state index < -0.39 is 0 Å². The highest BCUT2D eigenvalue weighted by Crippen LogP contribution is 2.17. The summed E-state index contributed by atoms with van der Waals surface area (Å²) in [5.74, 6) is 2.41. The van der Waals surface area contributed by atoms with Crippen molar-refractivity contribution in [2.24, 2.45) is 4.99 Å². The number of rotatable bonds is 9. The van der Waals surface area contributed by atoms with Crippen molar-refractivity contribution in [3.63, 3.8) is 0 Å². The van der Waals surface area contributed by atoms with Gasteiger partial charge in [0.15, 0.2) is 5.96 Å². The van der Waals surface area contributed by atoms with Gasteiger partial charge in [0, 0.05) is 37.2 Å². The van der Waals surface area contributed by atoms with Crippen molar-refractivity contribution in [1.29, 1.82) is 0 Å². The minimum atomic E-state index is 0. The van der Waals surface area contributed by atoms with Gasteiger partial charge in [0.2, 0.25) is 0 Å². The second-order valence-electron chi connectivity index (χ2n) is 6.25. The van der Waals surface area contributed by atoms with Gasteiger partial charge in [-0.15, -0.1) is 24.0 Å². The molecule has 2 aromatic heterocycles. The van der Waals surface area contributed by atoms with Crippen LogP contribution in [0.25, 0.3) is 5.82 Å². The summed E-state index contributed by atoms with van der Waals surface area (Å²) in [5, 5.41) is 6.65. The Morgan fingerprint density at radius 2 is 2.10 bits per heavy atom. The van der Waals surface area contributed by atoms with Crippen LogP contribution in [-0.4, -0.2) is 33.6 Å². The van der Waals surface area contributed by atoms with Gasteiger partial charge >= 0.3 is 0 Å². The van der Waals surface area contributed by atoms with Gasteiger partial charge in [-0.3, -0.25) is 4.57 Å². The molecule has 3 rings (SSSR count). The van der Waals surface area contributed by atoms with Crippen LogP contribution in [0, 0.1) is 0 Å².